The van der Waals surface area contributed by atoms with Crippen LogP contribution in [0.25, 0.3) is 10.8 Å². The normalized spacial score (nSPS) is 10.9. The Kier molecular flexibility index (Phi) is 4.15. The van der Waals surface area contributed by atoms with Crippen LogP contribution in [-0.2, 0) is 6.42 Å². The van der Waals surface area contributed by atoms with Crippen LogP contribution in [-0.4, -0.2) is 18.6 Å². The highest BCUT2D eigenvalue weighted by Crippen LogP contribution is 2.30. The second kappa shape index (κ2) is 5.61. The second-order valence-corrected chi connectivity index (χ2v) is 5.91. The molecule has 0 bridgehead atoms. The molecule has 0 spiro atoms. The molecule has 3 nitrogen and oxygen atoms in total. The quantitative estimate of drug-likeness (QED) is 0.861. The molecule has 2 aromatic rings. The van der Waals surface area contributed by atoms with Gasteiger partial charge in [0.05, 0.1) is 14.9 Å². The lowest BCUT2D eigenvalue weighted by molar-refractivity contribution is 0.508. The number of aryl methyl sites for hydroxylation is 1. The highest BCUT2D eigenvalue weighted by atomic mass is 79.9. The molecule has 0 aliphatic carbocycles. The molecule has 86 valence electrons. The number of hydrogen-bond acceptors (Lipinski definition) is 4. The molecular formula is C11H13BrN2OS. The van der Waals surface area contributed by atoms with E-state index in [0.717, 1.165) is 39.7 Å². The van der Waals surface area contributed by atoms with E-state index in [0.29, 0.717) is 0 Å². The zero-order valence-electron chi connectivity index (χ0n) is 9.00. The minimum atomic E-state index is 0.718. The van der Waals surface area contributed by atoms with E-state index in [9.17, 15) is 0 Å². The molecule has 0 aliphatic heterocycles. The summed E-state index contributed by atoms with van der Waals surface area (Å²) in [4.78, 5) is 5.34. The summed E-state index contributed by atoms with van der Waals surface area (Å²) in [6, 6.07) is 4.02. The monoisotopic (exact) mass is 300 g/mol. The van der Waals surface area contributed by atoms with Gasteiger partial charge in [-0.05, 0) is 48.1 Å². The molecule has 0 atom stereocenters. The van der Waals surface area contributed by atoms with Gasteiger partial charge >= 0.3 is 0 Å². The SMILES string of the molecule is CNCCCc1cnc(-c2ccc(Br)s2)o1. The maximum atomic E-state index is 5.68. The highest BCUT2D eigenvalue weighted by Gasteiger charge is 2.08. The average molecular weight is 301 g/mol. The molecule has 0 saturated carbocycles. The number of aromatic nitrogens is 1. The molecule has 0 aromatic carbocycles. The Balaban J connectivity index is 2.02. The van der Waals surface area contributed by atoms with Crippen LogP contribution in [0, 0.1) is 0 Å². The minimum Gasteiger partial charge on any atom is -0.440 e. The standard InChI is InChI=1S/C11H13BrN2OS/c1-13-6-2-3-8-7-14-11(15-8)9-4-5-10(12)16-9/h4-5,7,13H,2-3,6H2,1H3. The summed E-state index contributed by atoms with van der Waals surface area (Å²) in [6.45, 7) is 1.00. The summed E-state index contributed by atoms with van der Waals surface area (Å²) >= 11 is 5.06. The first kappa shape index (κ1) is 11.8. The van der Waals surface area contributed by atoms with E-state index in [1.165, 1.54) is 0 Å². The van der Waals surface area contributed by atoms with Gasteiger partial charge in [-0.15, -0.1) is 11.3 Å². The van der Waals surface area contributed by atoms with E-state index < -0.39 is 0 Å². The van der Waals surface area contributed by atoms with Crippen LogP contribution in [0.5, 0.6) is 0 Å². The van der Waals surface area contributed by atoms with Crippen molar-refractivity contribution in [2.75, 3.05) is 13.6 Å². The summed E-state index contributed by atoms with van der Waals surface area (Å²) in [5.41, 5.74) is 0. The van der Waals surface area contributed by atoms with Gasteiger partial charge in [-0.1, -0.05) is 0 Å². The molecule has 0 unspecified atom stereocenters. The number of rotatable bonds is 5. The molecular weight excluding hydrogens is 288 g/mol. The molecule has 1 N–H and O–H groups in total. The summed E-state index contributed by atoms with van der Waals surface area (Å²) in [5, 5.41) is 3.11. The van der Waals surface area contributed by atoms with Crippen molar-refractivity contribution in [1.82, 2.24) is 10.3 Å². The molecule has 0 amide bonds. The first-order valence-corrected chi connectivity index (χ1v) is 6.75. The van der Waals surface area contributed by atoms with Crippen LogP contribution < -0.4 is 5.32 Å². The van der Waals surface area contributed by atoms with Gasteiger partial charge in [0.1, 0.15) is 5.76 Å². The van der Waals surface area contributed by atoms with Crippen LogP contribution in [0.2, 0.25) is 0 Å². The summed E-state index contributed by atoms with van der Waals surface area (Å²) in [5.74, 6) is 1.67. The van der Waals surface area contributed by atoms with E-state index in [1.54, 1.807) is 11.3 Å². The third-order valence-corrected chi connectivity index (χ3v) is 3.80. The van der Waals surface area contributed by atoms with Gasteiger partial charge in [0.2, 0.25) is 5.89 Å². The topological polar surface area (TPSA) is 38.1 Å². The van der Waals surface area contributed by atoms with E-state index in [1.807, 2.05) is 25.4 Å². The molecule has 2 heterocycles. The number of halogens is 1. The van der Waals surface area contributed by atoms with Gasteiger partial charge in [-0.2, -0.15) is 0 Å². The summed E-state index contributed by atoms with van der Waals surface area (Å²) in [7, 11) is 1.95. The number of nitrogens with one attached hydrogen (secondary N) is 1. The van der Waals surface area contributed by atoms with Crippen LogP contribution in [0.15, 0.2) is 26.5 Å². The number of nitrogens with zero attached hydrogens (tertiary/aromatic N) is 1. The Bertz CT molecular complexity index is 452. The Hall–Kier alpha value is -0.650. The van der Waals surface area contributed by atoms with Crippen molar-refractivity contribution < 1.29 is 4.42 Å². The predicted molar refractivity (Wildman–Crippen MR) is 69.8 cm³/mol. The maximum Gasteiger partial charge on any atom is 0.236 e. The lowest BCUT2D eigenvalue weighted by atomic mass is 10.3. The van der Waals surface area contributed by atoms with E-state index in [-0.39, 0.29) is 0 Å². The summed E-state index contributed by atoms with van der Waals surface area (Å²) in [6.07, 6.45) is 3.82. The Morgan fingerprint density at radius 2 is 2.38 bits per heavy atom. The fourth-order valence-electron chi connectivity index (χ4n) is 1.41. The van der Waals surface area contributed by atoms with Gasteiger partial charge < -0.3 is 9.73 Å². The molecule has 2 aromatic heterocycles. The zero-order valence-corrected chi connectivity index (χ0v) is 11.4. The van der Waals surface area contributed by atoms with Crippen molar-refractivity contribution in [2.24, 2.45) is 0 Å². The number of oxazole rings is 1. The Labute approximate surface area is 107 Å². The van der Waals surface area contributed by atoms with Crippen molar-refractivity contribution in [3.8, 4) is 10.8 Å². The van der Waals surface area contributed by atoms with Gasteiger partial charge in [0.25, 0.3) is 0 Å². The fraction of sp³-hybridized carbons (Fsp3) is 0.364. The van der Waals surface area contributed by atoms with Gasteiger partial charge in [0.15, 0.2) is 0 Å². The van der Waals surface area contributed by atoms with Gasteiger partial charge in [0, 0.05) is 6.42 Å². The predicted octanol–water partition coefficient (Wildman–Crippen LogP) is 3.32. The molecule has 0 saturated heterocycles. The van der Waals surface area contributed by atoms with E-state index >= 15 is 0 Å². The van der Waals surface area contributed by atoms with Crippen molar-refractivity contribution in [2.45, 2.75) is 12.8 Å². The van der Waals surface area contributed by atoms with Crippen molar-refractivity contribution >= 4 is 27.3 Å². The van der Waals surface area contributed by atoms with Crippen LogP contribution in [0.1, 0.15) is 12.2 Å². The van der Waals surface area contributed by atoms with Crippen molar-refractivity contribution in [3.05, 3.63) is 27.9 Å². The van der Waals surface area contributed by atoms with Gasteiger partial charge in [-0.25, -0.2) is 4.98 Å². The number of hydrogen-bond donors (Lipinski definition) is 1. The van der Waals surface area contributed by atoms with E-state index in [2.05, 4.69) is 26.2 Å². The van der Waals surface area contributed by atoms with Gasteiger partial charge in [-0.3, -0.25) is 0 Å². The molecule has 2 rings (SSSR count). The van der Waals surface area contributed by atoms with E-state index in [4.69, 9.17) is 4.42 Å². The number of thiophene rings is 1. The highest BCUT2D eigenvalue weighted by molar-refractivity contribution is 9.11. The molecule has 0 radical (unpaired) electrons. The fourth-order valence-corrected chi connectivity index (χ4v) is 2.72. The molecule has 0 fully saturated rings. The maximum absolute atomic E-state index is 5.68. The first-order chi connectivity index (χ1) is 7.79. The largest absolute Gasteiger partial charge is 0.440 e. The molecule has 16 heavy (non-hydrogen) atoms. The lowest BCUT2D eigenvalue weighted by Gasteiger charge is -1.95. The third kappa shape index (κ3) is 2.93. The van der Waals surface area contributed by atoms with Crippen LogP contribution in [0.4, 0.5) is 0 Å². The smallest absolute Gasteiger partial charge is 0.236 e. The van der Waals surface area contributed by atoms with Crippen LogP contribution in [0.3, 0.4) is 0 Å². The first-order valence-electron chi connectivity index (χ1n) is 5.14. The van der Waals surface area contributed by atoms with Crippen molar-refractivity contribution in [3.63, 3.8) is 0 Å². The zero-order chi connectivity index (χ0) is 11.4. The average Bonchev–Trinajstić information content (AvgIpc) is 2.87. The molecule has 0 aliphatic rings. The Morgan fingerprint density at radius 1 is 1.50 bits per heavy atom. The summed E-state index contributed by atoms with van der Waals surface area (Å²) < 4.78 is 6.78. The Morgan fingerprint density at radius 3 is 3.06 bits per heavy atom. The molecule has 5 heteroatoms. The third-order valence-electron chi connectivity index (χ3n) is 2.19. The minimum absolute atomic E-state index is 0.718. The second-order valence-electron chi connectivity index (χ2n) is 3.44. The van der Waals surface area contributed by atoms with Crippen LogP contribution >= 0.6 is 27.3 Å². The van der Waals surface area contributed by atoms with Crippen molar-refractivity contribution in [1.29, 1.82) is 0 Å². The lowest BCUT2D eigenvalue weighted by Crippen LogP contribution is -2.08.